The van der Waals surface area contributed by atoms with E-state index < -0.39 is 5.97 Å². The molecule has 23 heavy (non-hydrogen) atoms. The van der Waals surface area contributed by atoms with E-state index in [9.17, 15) is 14.4 Å². The number of benzene rings is 2. The summed E-state index contributed by atoms with van der Waals surface area (Å²) in [5.74, 6) is -1.10. The lowest BCUT2D eigenvalue weighted by molar-refractivity contribution is -0.114. The van der Waals surface area contributed by atoms with E-state index in [4.69, 9.17) is 4.74 Å². The van der Waals surface area contributed by atoms with Crippen molar-refractivity contribution in [1.29, 1.82) is 0 Å². The van der Waals surface area contributed by atoms with Crippen molar-refractivity contribution in [3.63, 3.8) is 0 Å². The van der Waals surface area contributed by atoms with Crippen LogP contribution in [0.5, 0.6) is 0 Å². The Morgan fingerprint density at radius 2 is 1.70 bits per heavy atom. The number of hydrogen-bond acceptors (Lipinski definition) is 4. The molecule has 0 aliphatic heterocycles. The van der Waals surface area contributed by atoms with Gasteiger partial charge in [0.25, 0.3) is 0 Å². The molecule has 0 saturated heterocycles. The van der Waals surface area contributed by atoms with Crippen LogP contribution < -0.4 is 5.32 Å². The highest BCUT2D eigenvalue weighted by Crippen LogP contribution is 2.17. The van der Waals surface area contributed by atoms with E-state index in [2.05, 4.69) is 5.32 Å². The van der Waals surface area contributed by atoms with Gasteiger partial charge in [0.2, 0.25) is 5.91 Å². The first-order chi connectivity index (χ1) is 11.0. The number of nitrogens with one attached hydrogen (secondary N) is 1. The zero-order chi connectivity index (χ0) is 16.8. The van der Waals surface area contributed by atoms with Gasteiger partial charge in [-0.05, 0) is 24.6 Å². The number of aryl methyl sites for hydroxylation is 1. The van der Waals surface area contributed by atoms with E-state index in [-0.39, 0.29) is 23.9 Å². The van der Waals surface area contributed by atoms with Crippen molar-refractivity contribution in [3.05, 3.63) is 65.2 Å². The van der Waals surface area contributed by atoms with Crippen molar-refractivity contribution in [1.82, 2.24) is 0 Å². The highest BCUT2D eigenvalue weighted by molar-refractivity contribution is 6.00. The van der Waals surface area contributed by atoms with E-state index in [0.717, 1.165) is 5.56 Å². The summed E-state index contributed by atoms with van der Waals surface area (Å²) in [6, 6.07) is 13.5. The number of anilines is 1. The summed E-state index contributed by atoms with van der Waals surface area (Å²) in [6.07, 6.45) is 0. The fourth-order valence-corrected chi connectivity index (χ4v) is 2.00. The van der Waals surface area contributed by atoms with Crippen LogP contribution in [0.2, 0.25) is 0 Å². The summed E-state index contributed by atoms with van der Waals surface area (Å²) in [6.45, 7) is 2.88. The third-order valence-electron chi connectivity index (χ3n) is 3.21. The number of carbonyl (C=O) groups excluding carboxylic acids is 3. The highest BCUT2D eigenvalue weighted by atomic mass is 16.5. The molecule has 0 saturated carbocycles. The molecule has 0 atom stereocenters. The van der Waals surface area contributed by atoms with Crippen molar-refractivity contribution in [2.24, 2.45) is 0 Å². The summed E-state index contributed by atoms with van der Waals surface area (Å²) in [7, 11) is 0. The average molecular weight is 311 g/mol. The Balaban J connectivity index is 2.03. The third-order valence-corrected chi connectivity index (χ3v) is 3.21. The number of ketones is 1. The van der Waals surface area contributed by atoms with Crippen molar-refractivity contribution >= 4 is 23.3 Å². The van der Waals surface area contributed by atoms with Crippen molar-refractivity contribution in [3.8, 4) is 0 Å². The summed E-state index contributed by atoms with van der Waals surface area (Å²) >= 11 is 0. The SMILES string of the molecule is CC(=O)Nc1cc(C(=O)OCC(=O)c2ccccc2)ccc1C. The molecule has 0 heterocycles. The summed E-state index contributed by atoms with van der Waals surface area (Å²) in [5.41, 5.74) is 2.14. The predicted octanol–water partition coefficient (Wildman–Crippen LogP) is 2.99. The maximum Gasteiger partial charge on any atom is 0.338 e. The Bertz CT molecular complexity index is 738. The minimum absolute atomic E-state index is 0.224. The second-order valence-electron chi connectivity index (χ2n) is 5.08. The molecule has 5 heteroatoms. The van der Waals surface area contributed by atoms with Gasteiger partial charge in [0.05, 0.1) is 5.56 Å². The first-order valence-corrected chi connectivity index (χ1v) is 7.11. The molecular formula is C18H17NO4. The highest BCUT2D eigenvalue weighted by Gasteiger charge is 2.13. The number of Topliss-reactive ketones (excluding diaryl/α,β-unsaturated/α-hetero) is 1. The largest absolute Gasteiger partial charge is 0.454 e. The number of esters is 1. The van der Waals surface area contributed by atoms with Crippen molar-refractivity contribution in [2.45, 2.75) is 13.8 Å². The molecule has 0 fully saturated rings. The van der Waals surface area contributed by atoms with Crippen LogP contribution in [-0.2, 0) is 9.53 Å². The molecule has 0 bridgehead atoms. The Morgan fingerprint density at radius 1 is 1.00 bits per heavy atom. The molecular weight excluding hydrogens is 294 g/mol. The maximum atomic E-state index is 12.0. The van der Waals surface area contributed by atoms with Crippen LogP contribution in [0.3, 0.4) is 0 Å². The Kier molecular flexibility index (Phi) is 5.25. The number of amides is 1. The molecule has 0 aliphatic rings. The quantitative estimate of drug-likeness (QED) is 0.680. The smallest absolute Gasteiger partial charge is 0.338 e. The van der Waals surface area contributed by atoms with E-state index in [1.165, 1.54) is 13.0 Å². The summed E-state index contributed by atoms with van der Waals surface area (Å²) in [4.78, 5) is 35.1. The first-order valence-electron chi connectivity index (χ1n) is 7.11. The Labute approximate surface area is 134 Å². The predicted molar refractivity (Wildman–Crippen MR) is 86.5 cm³/mol. The van der Waals surface area contributed by atoms with E-state index in [0.29, 0.717) is 11.3 Å². The van der Waals surface area contributed by atoms with Gasteiger partial charge in [0, 0.05) is 18.2 Å². The molecule has 1 amide bonds. The standard InChI is InChI=1S/C18H17NO4/c1-12-8-9-15(10-16(12)19-13(2)20)18(22)23-11-17(21)14-6-4-3-5-7-14/h3-10H,11H2,1-2H3,(H,19,20). The number of rotatable bonds is 5. The van der Waals surface area contributed by atoms with Crippen LogP contribution in [0.15, 0.2) is 48.5 Å². The van der Waals surface area contributed by atoms with Crippen molar-refractivity contribution in [2.75, 3.05) is 11.9 Å². The van der Waals surface area contributed by atoms with Crippen LogP contribution in [0.1, 0.15) is 33.2 Å². The second-order valence-corrected chi connectivity index (χ2v) is 5.08. The molecule has 2 rings (SSSR count). The molecule has 0 radical (unpaired) electrons. The lowest BCUT2D eigenvalue weighted by Crippen LogP contribution is -2.15. The van der Waals surface area contributed by atoms with Gasteiger partial charge >= 0.3 is 5.97 Å². The second kappa shape index (κ2) is 7.35. The van der Waals surface area contributed by atoms with Gasteiger partial charge in [-0.2, -0.15) is 0 Å². The zero-order valence-electron chi connectivity index (χ0n) is 13.0. The van der Waals surface area contributed by atoms with Crippen LogP contribution in [0, 0.1) is 6.92 Å². The molecule has 0 unspecified atom stereocenters. The Hall–Kier alpha value is -2.95. The molecule has 2 aromatic carbocycles. The van der Waals surface area contributed by atoms with Crippen molar-refractivity contribution < 1.29 is 19.1 Å². The zero-order valence-corrected chi connectivity index (χ0v) is 13.0. The molecule has 5 nitrogen and oxygen atoms in total. The van der Waals surface area contributed by atoms with Crippen LogP contribution in [0.4, 0.5) is 5.69 Å². The fraction of sp³-hybridized carbons (Fsp3) is 0.167. The van der Waals surface area contributed by atoms with Gasteiger partial charge in [-0.25, -0.2) is 4.79 Å². The fourth-order valence-electron chi connectivity index (χ4n) is 2.00. The lowest BCUT2D eigenvalue weighted by Gasteiger charge is -2.09. The molecule has 118 valence electrons. The topological polar surface area (TPSA) is 72.5 Å². The van der Waals surface area contributed by atoms with Gasteiger partial charge in [-0.15, -0.1) is 0 Å². The maximum absolute atomic E-state index is 12.0. The molecule has 0 spiro atoms. The lowest BCUT2D eigenvalue weighted by atomic mass is 10.1. The minimum Gasteiger partial charge on any atom is -0.454 e. The minimum atomic E-state index is -0.610. The molecule has 0 aliphatic carbocycles. The summed E-state index contributed by atoms with van der Waals surface area (Å²) < 4.78 is 5.04. The number of carbonyl (C=O) groups is 3. The monoisotopic (exact) mass is 311 g/mol. The molecule has 0 aromatic heterocycles. The van der Waals surface area contributed by atoms with Crippen LogP contribution in [0.25, 0.3) is 0 Å². The summed E-state index contributed by atoms with van der Waals surface area (Å²) in [5, 5.41) is 2.65. The van der Waals surface area contributed by atoms with Crippen LogP contribution >= 0.6 is 0 Å². The molecule has 1 N–H and O–H groups in total. The van der Waals surface area contributed by atoms with Gasteiger partial charge in [-0.3, -0.25) is 9.59 Å². The molecule has 2 aromatic rings. The number of ether oxygens (including phenoxy) is 1. The van der Waals surface area contributed by atoms with Gasteiger partial charge in [-0.1, -0.05) is 36.4 Å². The van der Waals surface area contributed by atoms with Gasteiger partial charge in [0.1, 0.15) is 0 Å². The van der Waals surface area contributed by atoms with E-state index >= 15 is 0 Å². The van der Waals surface area contributed by atoms with E-state index in [1.54, 1.807) is 42.5 Å². The first kappa shape index (κ1) is 16.4. The third kappa shape index (κ3) is 4.51. The van der Waals surface area contributed by atoms with Crippen LogP contribution in [-0.4, -0.2) is 24.3 Å². The Morgan fingerprint density at radius 3 is 2.35 bits per heavy atom. The van der Waals surface area contributed by atoms with Gasteiger partial charge in [0.15, 0.2) is 12.4 Å². The normalized spacial score (nSPS) is 10.0. The van der Waals surface area contributed by atoms with E-state index in [1.807, 2.05) is 6.92 Å². The number of hydrogen-bond donors (Lipinski definition) is 1. The van der Waals surface area contributed by atoms with Gasteiger partial charge < -0.3 is 10.1 Å². The average Bonchev–Trinajstić information content (AvgIpc) is 2.54.